The summed E-state index contributed by atoms with van der Waals surface area (Å²) >= 11 is 0. The van der Waals surface area contributed by atoms with Crippen molar-refractivity contribution < 1.29 is 9.53 Å². The number of rotatable bonds is 3. The van der Waals surface area contributed by atoms with Crippen LogP contribution in [0.25, 0.3) is 0 Å². The van der Waals surface area contributed by atoms with E-state index in [1.54, 1.807) is 4.90 Å². The molecule has 2 heterocycles. The summed E-state index contributed by atoms with van der Waals surface area (Å²) in [7, 11) is 0. The number of likely N-dealkylation sites (tertiary alicyclic amines) is 1. The Hall–Kier alpha value is -1.56. The number of nitrogens with zero attached hydrogens (tertiary/aromatic N) is 2. The number of aromatic nitrogens is 2. The fourth-order valence-electron chi connectivity index (χ4n) is 2.34. The summed E-state index contributed by atoms with van der Waals surface area (Å²) in [5.74, 6) is 0. The number of hydrogen-bond acceptors (Lipinski definition) is 4. The second-order valence-corrected chi connectivity index (χ2v) is 6.33. The number of H-pyrrole nitrogens is 1. The molecule has 0 aliphatic carbocycles. The van der Waals surface area contributed by atoms with Gasteiger partial charge in [-0.05, 0) is 34.1 Å². The Morgan fingerprint density at radius 2 is 2.35 bits per heavy atom. The van der Waals surface area contributed by atoms with Gasteiger partial charge < -0.3 is 15.0 Å². The molecule has 2 unspecified atom stereocenters. The molecule has 0 radical (unpaired) electrons. The maximum absolute atomic E-state index is 12.0. The quantitative estimate of drug-likeness (QED) is 0.889. The summed E-state index contributed by atoms with van der Waals surface area (Å²) < 4.78 is 5.39. The molecule has 2 rings (SSSR count). The molecule has 2 atom stereocenters. The normalized spacial score (nSPS) is 21.0. The van der Waals surface area contributed by atoms with Gasteiger partial charge in [0.25, 0.3) is 0 Å². The number of carbonyl (C=O) groups excluding carboxylic acids is 1. The Balaban J connectivity index is 1.82. The van der Waals surface area contributed by atoms with Gasteiger partial charge in [-0.25, -0.2) is 4.79 Å². The molecule has 1 aliphatic rings. The highest BCUT2D eigenvalue weighted by Crippen LogP contribution is 2.18. The van der Waals surface area contributed by atoms with Crippen LogP contribution in [0, 0.1) is 0 Å². The van der Waals surface area contributed by atoms with E-state index in [0.29, 0.717) is 12.6 Å². The maximum atomic E-state index is 12.0. The van der Waals surface area contributed by atoms with E-state index in [1.165, 1.54) is 0 Å². The van der Waals surface area contributed by atoms with Crippen molar-refractivity contribution in [2.75, 3.05) is 13.1 Å². The van der Waals surface area contributed by atoms with E-state index in [9.17, 15) is 4.79 Å². The number of amides is 1. The van der Waals surface area contributed by atoms with E-state index in [2.05, 4.69) is 22.4 Å². The van der Waals surface area contributed by atoms with Crippen LogP contribution in [0.2, 0.25) is 0 Å². The molecule has 6 heteroatoms. The van der Waals surface area contributed by atoms with Gasteiger partial charge in [-0.15, -0.1) is 0 Å². The summed E-state index contributed by atoms with van der Waals surface area (Å²) in [5, 5.41) is 10.3. The van der Waals surface area contributed by atoms with Crippen molar-refractivity contribution in [1.82, 2.24) is 20.4 Å². The summed E-state index contributed by atoms with van der Waals surface area (Å²) in [6.45, 7) is 9.19. The molecule has 20 heavy (non-hydrogen) atoms. The molecule has 1 amide bonds. The van der Waals surface area contributed by atoms with Crippen molar-refractivity contribution in [2.24, 2.45) is 0 Å². The SMILES string of the molecule is CC(NC1CCN(C(=O)OC(C)(C)C)C1)c1cn[nH]c1. The molecule has 1 fully saturated rings. The Kier molecular flexibility index (Phi) is 4.32. The zero-order chi connectivity index (χ0) is 14.8. The van der Waals surface area contributed by atoms with Crippen LogP contribution in [0.4, 0.5) is 4.79 Å². The lowest BCUT2D eigenvalue weighted by atomic mass is 10.1. The predicted octanol–water partition coefficient (Wildman–Crippen LogP) is 2.07. The van der Waals surface area contributed by atoms with Gasteiger partial charge in [-0.2, -0.15) is 5.10 Å². The topological polar surface area (TPSA) is 70.2 Å². The minimum atomic E-state index is -0.438. The van der Waals surface area contributed by atoms with E-state index in [4.69, 9.17) is 4.74 Å². The molecule has 1 aromatic heterocycles. The molecule has 0 saturated carbocycles. The van der Waals surface area contributed by atoms with Gasteiger partial charge in [-0.3, -0.25) is 5.10 Å². The van der Waals surface area contributed by atoms with Gasteiger partial charge in [-0.1, -0.05) is 0 Å². The van der Waals surface area contributed by atoms with Crippen LogP contribution in [0.1, 0.15) is 45.7 Å². The zero-order valence-corrected chi connectivity index (χ0v) is 12.6. The number of ether oxygens (including phenoxy) is 1. The van der Waals surface area contributed by atoms with Crippen LogP contribution in [0.5, 0.6) is 0 Å². The van der Waals surface area contributed by atoms with Crippen molar-refractivity contribution in [3.8, 4) is 0 Å². The number of carbonyl (C=O) groups is 1. The average Bonchev–Trinajstić information content (AvgIpc) is 2.97. The fraction of sp³-hybridized carbons (Fsp3) is 0.714. The molecular weight excluding hydrogens is 256 g/mol. The standard InChI is InChI=1S/C14H24N4O2/c1-10(11-7-15-16-8-11)17-12-5-6-18(9-12)13(19)20-14(2,3)4/h7-8,10,12,17H,5-6,9H2,1-4H3,(H,15,16). The highest BCUT2D eigenvalue weighted by molar-refractivity contribution is 5.68. The van der Waals surface area contributed by atoms with Gasteiger partial charge in [0.1, 0.15) is 5.60 Å². The first-order chi connectivity index (χ1) is 9.35. The minimum absolute atomic E-state index is 0.220. The Morgan fingerprint density at radius 1 is 1.60 bits per heavy atom. The third-order valence-corrected chi connectivity index (χ3v) is 3.35. The second kappa shape index (κ2) is 5.83. The van der Waals surface area contributed by atoms with E-state index in [-0.39, 0.29) is 12.1 Å². The van der Waals surface area contributed by atoms with Crippen molar-refractivity contribution in [2.45, 2.75) is 51.8 Å². The number of hydrogen-bond donors (Lipinski definition) is 2. The first-order valence-electron chi connectivity index (χ1n) is 7.08. The highest BCUT2D eigenvalue weighted by Gasteiger charge is 2.30. The lowest BCUT2D eigenvalue weighted by Gasteiger charge is -2.25. The first kappa shape index (κ1) is 14.8. The molecule has 2 N–H and O–H groups in total. The Morgan fingerprint density at radius 3 is 2.95 bits per heavy atom. The predicted molar refractivity (Wildman–Crippen MR) is 76.4 cm³/mol. The summed E-state index contributed by atoms with van der Waals surface area (Å²) in [4.78, 5) is 13.8. The monoisotopic (exact) mass is 280 g/mol. The second-order valence-electron chi connectivity index (χ2n) is 6.33. The molecule has 6 nitrogen and oxygen atoms in total. The zero-order valence-electron chi connectivity index (χ0n) is 12.6. The molecule has 0 aromatic carbocycles. The number of nitrogens with one attached hydrogen (secondary N) is 2. The van der Waals surface area contributed by atoms with Crippen LogP contribution in [0.15, 0.2) is 12.4 Å². The maximum Gasteiger partial charge on any atom is 0.410 e. The van der Waals surface area contributed by atoms with E-state index >= 15 is 0 Å². The van der Waals surface area contributed by atoms with Gasteiger partial charge in [0.05, 0.1) is 6.20 Å². The van der Waals surface area contributed by atoms with Crippen molar-refractivity contribution in [3.63, 3.8) is 0 Å². The van der Waals surface area contributed by atoms with Crippen molar-refractivity contribution >= 4 is 6.09 Å². The van der Waals surface area contributed by atoms with Crippen LogP contribution in [-0.4, -0.2) is 45.9 Å². The molecule has 1 aromatic rings. The van der Waals surface area contributed by atoms with E-state index in [0.717, 1.165) is 18.5 Å². The molecule has 0 spiro atoms. The largest absolute Gasteiger partial charge is 0.444 e. The van der Waals surface area contributed by atoms with E-state index < -0.39 is 5.60 Å². The molecule has 112 valence electrons. The molecular formula is C14H24N4O2. The fourth-order valence-corrected chi connectivity index (χ4v) is 2.34. The third kappa shape index (κ3) is 3.96. The van der Waals surface area contributed by atoms with Crippen molar-refractivity contribution in [1.29, 1.82) is 0 Å². The number of aromatic amines is 1. The summed E-state index contributed by atoms with van der Waals surface area (Å²) in [6, 6.07) is 0.518. The van der Waals surface area contributed by atoms with Gasteiger partial charge in [0.15, 0.2) is 0 Å². The van der Waals surface area contributed by atoms with Gasteiger partial charge in [0.2, 0.25) is 0 Å². The third-order valence-electron chi connectivity index (χ3n) is 3.35. The van der Waals surface area contributed by atoms with Gasteiger partial charge >= 0.3 is 6.09 Å². The van der Waals surface area contributed by atoms with Crippen LogP contribution in [0.3, 0.4) is 0 Å². The highest BCUT2D eigenvalue weighted by atomic mass is 16.6. The first-order valence-corrected chi connectivity index (χ1v) is 7.08. The van der Waals surface area contributed by atoms with Crippen molar-refractivity contribution in [3.05, 3.63) is 18.0 Å². The summed E-state index contributed by atoms with van der Waals surface area (Å²) in [5.41, 5.74) is 0.688. The van der Waals surface area contributed by atoms with Crippen LogP contribution in [-0.2, 0) is 4.74 Å². The summed E-state index contributed by atoms with van der Waals surface area (Å²) in [6.07, 6.45) is 4.43. The smallest absolute Gasteiger partial charge is 0.410 e. The minimum Gasteiger partial charge on any atom is -0.444 e. The Bertz CT molecular complexity index is 439. The lowest BCUT2D eigenvalue weighted by Crippen LogP contribution is -2.38. The molecule has 0 bridgehead atoms. The van der Waals surface area contributed by atoms with Crippen LogP contribution >= 0.6 is 0 Å². The molecule has 1 aliphatic heterocycles. The van der Waals surface area contributed by atoms with E-state index in [1.807, 2.05) is 33.2 Å². The molecule has 1 saturated heterocycles. The van der Waals surface area contributed by atoms with Gasteiger partial charge in [0, 0.05) is 36.9 Å². The Labute approximate surface area is 119 Å². The lowest BCUT2D eigenvalue weighted by molar-refractivity contribution is 0.0290. The van der Waals surface area contributed by atoms with Crippen LogP contribution < -0.4 is 5.32 Å². The average molecular weight is 280 g/mol.